The molecule has 4 saturated carbocycles. The van der Waals surface area contributed by atoms with Crippen molar-refractivity contribution in [2.75, 3.05) is 0 Å². The molecule has 0 aliphatic heterocycles. The molecule has 1 nitrogen and oxygen atoms in total. The molecule has 0 amide bonds. The summed E-state index contributed by atoms with van der Waals surface area (Å²) in [6.07, 6.45) is 15.9. The van der Waals surface area contributed by atoms with Crippen LogP contribution in [0.1, 0.15) is 120 Å². The summed E-state index contributed by atoms with van der Waals surface area (Å²) in [4.78, 5) is 0. The lowest BCUT2D eigenvalue weighted by Crippen LogP contribution is -2.63. The molecule has 0 bridgehead atoms. The van der Waals surface area contributed by atoms with Crippen molar-refractivity contribution in [1.82, 2.24) is 0 Å². The molecular weight excluding hydrogens is 376 g/mol. The molecule has 0 aromatic heterocycles. The maximum atomic E-state index is 10.9. The summed E-state index contributed by atoms with van der Waals surface area (Å²) in [7, 11) is 0. The van der Waals surface area contributed by atoms with E-state index >= 15 is 0 Å². The molecule has 4 fully saturated rings. The minimum Gasteiger partial charge on any atom is -0.393 e. The predicted octanol–water partition coefficient (Wildman–Crippen LogP) is 8.17. The van der Waals surface area contributed by atoms with Gasteiger partial charge in [-0.3, -0.25) is 0 Å². The Morgan fingerprint density at radius 2 is 1.45 bits per heavy atom. The highest BCUT2D eigenvalue weighted by Crippen LogP contribution is 2.75. The Morgan fingerprint density at radius 3 is 2.16 bits per heavy atom. The number of rotatable bonds is 0. The Kier molecular flexibility index (Phi) is 4.66. The number of fused-ring (bicyclic) bond motifs is 7. The van der Waals surface area contributed by atoms with Gasteiger partial charge < -0.3 is 5.11 Å². The van der Waals surface area contributed by atoms with Gasteiger partial charge in [-0.15, -0.1) is 0 Å². The first kappa shape index (κ1) is 22.5. The van der Waals surface area contributed by atoms with E-state index in [1.165, 1.54) is 57.8 Å². The Labute approximate surface area is 192 Å². The molecule has 5 aliphatic carbocycles. The standard InChI is InChI=1S/C30H50O/c1-25(2)15-16-27(5)17-18-29(7)21-9-10-22-26(3,4)24(31)12-13-28(22,6)20(21)11-14-30(29,8)23(27)19-25/h9,20,22-24,31H,10-19H2,1-8H3/t20-,22+,23-,24+,27+,28+,29-,30+/m1/s1. The van der Waals surface area contributed by atoms with E-state index < -0.39 is 0 Å². The first-order valence-corrected chi connectivity index (χ1v) is 13.6. The molecule has 31 heavy (non-hydrogen) atoms. The van der Waals surface area contributed by atoms with E-state index in [1.807, 2.05) is 5.57 Å². The molecule has 0 saturated heterocycles. The third-order valence-corrected chi connectivity index (χ3v) is 13.0. The van der Waals surface area contributed by atoms with Crippen LogP contribution in [-0.4, -0.2) is 11.2 Å². The predicted molar refractivity (Wildman–Crippen MR) is 131 cm³/mol. The van der Waals surface area contributed by atoms with Gasteiger partial charge in [0.25, 0.3) is 0 Å². The van der Waals surface area contributed by atoms with Crippen LogP contribution in [0, 0.1) is 50.2 Å². The molecule has 0 aromatic rings. The van der Waals surface area contributed by atoms with E-state index in [1.54, 1.807) is 0 Å². The highest BCUT2D eigenvalue weighted by Gasteiger charge is 2.67. The van der Waals surface area contributed by atoms with E-state index in [4.69, 9.17) is 0 Å². The summed E-state index contributed by atoms with van der Waals surface area (Å²) in [6.45, 7) is 20.5. The molecule has 0 spiro atoms. The van der Waals surface area contributed by atoms with Gasteiger partial charge in [-0.05, 0) is 114 Å². The maximum absolute atomic E-state index is 10.9. The minimum atomic E-state index is -0.134. The van der Waals surface area contributed by atoms with Gasteiger partial charge in [-0.25, -0.2) is 0 Å². The molecule has 1 N–H and O–H groups in total. The topological polar surface area (TPSA) is 20.2 Å². The molecule has 0 radical (unpaired) electrons. The largest absolute Gasteiger partial charge is 0.393 e. The van der Waals surface area contributed by atoms with Crippen LogP contribution >= 0.6 is 0 Å². The van der Waals surface area contributed by atoms with Crippen LogP contribution in [0.5, 0.6) is 0 Å². The van der Waals surface area contributed by atoms with Gasteiger partial charge in [0.15, 0.2) is 0 Å². The highest BCUT2D eigenvalue weighted by atomic mass is 16.3. The Balaban J connectivity index is 1.57. The third-order valence-electron chi connectivity index (χ3n) is 13.0. The minimum absolute atomic E-state index is 0.0369. The lowest BCUT2D eigenvalue weighted by molar-refractivity contribution is -0.178. The first-order valence-electron chi connectivity index (χ1n) is 13.6. The van der Waals surface area contributed by atoms with Crippen molar-refractivity contribution >= 4 is 0 Å². The molecule has 0 unspecified atom stereocenters. The van der Waals surface area contributed by atoms with Gasteiger partial charge in [0.1, 0.15) is 0 Å². The number of aliphatic hydroxyl groups is 1. The molecule has 8 atom stereocenters. The van der Waals surface area contributed by atoms with Crippen LogP contribution < -0.4 is 0 Å². The molecule has 0 heterocycles. The SMILES string of the molecule is CC1(C)CC[C@@]2(C)CC[C@]3(C)C4=CC[C@H]5C(C)(C)[C@@H](O)CC[C@@]5(C)[C@@H]4CC[C@@]3(C)[C@@H]2C1. The highest BCUT2D eigenvalue weighted by molar-refractivity contribution is 5.33. The van der Waals surface area contributed by atoms with Gasteiger partial charge in [0.05, 0.1) is 6.10 Å². The molecule has 5 rings (SSSR count). The van der Waals surface area contributed by atoms with Crippen molar-refractivity contribution in [3.8, 4) is 0 Å². The van der Waals surface area contributed by atoms with Crippen molar-refractivity contribution in [3.63, 3.8) is 0 Å². The molecule has 1 heteroatoms. The van der Waals surface area contributed by atoms with Crippen LogP contribution in [0.3, 0.4) is 0 Å². The summed E-state index contributed by atoms with van der Waals surface area (Å²) < 4.78 is 0. The number of allylic oxidation sites excluding steroid dienone is 2. The van der Waals surface area contributed by atoms with Crippen molar-refractivity contribution in [2.45, 2.75) is 126 Å². The smallest absolute Gasteiger partial charge is 0.0594 e. The zero-order valence-electron chi connectivity index (χ0n) is 21.9. The lowest BCUT2D eigenvalue weighted by Gasteiger charge is -2.71. The molecule has 5 aliphatic rings. The second-order valence-corrected chi connectivity index (χ2v) is 15.2. The first-order chi connectivity index (χ1) is 14.2. The van der Waals surface area contributed by atoms with Crippen molar-refractivity contribution in [3.05, 3.63) is 11.6 Å². The Morgan fingerprint density at radius 1 is 0.774 bits per heavy atom. The van der Waals surface area contributed by atoms with E-state index in [-0.39, 0.29) is 11.5 Å². The average molecular weight is 427 g/mol. The molecular formula is C30H50O. The fraction of sp³-hybridized carbons (Fsp3) is 0.933. The number of aliphatic hydroxyl groups excluding tert-OH is 1. The molecule has 0 aromatic carbocycles. The maximum Gasteiger partial charge on any atom is 0.0594 e. The third kappa shape index (κ3) is 2.77. The summed E-state index contributed by atoms with van der Waals surface area (Å²) in [5.41, 5.74) is 4.12. The van der Waals surface area contributed by atoms with Gasteiger partial charge in [-0.1, -0.05) is 67.0 Å². The van der Waals surface area contributed by atoms with Crippen molar-refractivity contribution in [1.29, 1.82) is 0 Å². The summed E-state index contributed by atoms with van der Waals surface area (Å²) in [5, 5.41) is 10.9. The number of hydrogen-bond donors (Lipinski definition) is 1. The van der Waals surface area contributed by atoms with E-state index in [0.717, 1.165) is 18.3 Å². The fourth-order valence-electron chi connectivity index (χ4n) is 10.5. The van der Waals surface area contributed by atoms with Crippen molar-refractivity contribution in [2.24, 2.45) is 50.2 Å². The van der Waals surface area contributed by atoms with Gasteiger partial charge >= 0.3 is 0 Å². The second kappa shape index (κ2) is 6.43. The van der Waals surface area contributed by atoms with Gasteiger partial charge in [-0.2, -0.15) is 0 Å². The van der Waals surface area contributed by atoms with Gasteiger partial charge in [0.2, 0.25) is 0 Å². The zero-order valence-corrected chi connectivity index (χ0v) is 21.9. The van der Waals surface area contributed by atoms with E-state index in [2.05, 4.69) is 61.5 Å². The summed E-state index contributed by atoms with van der Waals surface area (Å²) >= 11 is 0. The Bertz CT molecular complexity index is 790. The monoisotopic (exact) mass is 426 g/mol. The summed E-state index contributed by atoms with van der Waals surface area (Å²) in [5.74, 6) is 2.21. The quantitative estimate of drug-likeness (QED) is 0.387. The summed E-state index contributed by atoms with van der Waals surface area (Å²) in [6, 6.07) is 0. The number of hydrogen-bond acceptors (Lipinski definition) is 1. The van der Waals surface area contributed by atoms with E-state index in [9.17, 15) is 5.11 Å². The van der Waals surface area contributed by atoms with Crippen LogP contribution in [0.2, 0.25) is 0 Å². The normalized spacial score (nSPS) is 55.2. The fourth-order valence-corrected chi connectivity index (χ4v) is 10.5. The van der Waals surface area contributed by atoms with Crippen molar-refractivity contribution < 1.29 is 5.11 Å². The second-order valence-electron chi connectivity index (χ2n) is 15.2. The van der Waals surface area contributed by atoms with Crippen LogP contribution in [0.15, 0.2) is 11.6 Å². The van der Waals surface area contributed by atoms with Crippen LogP contribution in [-0.2, 0) is 0 Å². The Hall–Kier alpha value is -0.300. The van der Waals surface area contributed by atoms with E-state index in [0.29, 0.717) is 33.0 Å². The lowest BCUT2D eigenvalue weighted by atomic mass is 9.34. The zero-order chi connectivity index (χ0) is 22.7. The van der Waals surface area contributed by atoms with Crippen LogP contribution in [0.4, 0.5) is 0 Å². The van der Waals surface area contributed by atoms with Gasteiger partial charge in [0, 0.05) is 0 Å². The van der Waals surface area contributed by atoms with Crippen LogP contribution in [0.25, 0.3) is 0 Å². The average Bonchev–Trinajstić information content (AvgIpc) is 2.68. The molecule has 176 valence electrons.